The van der Waals surface area contributed by atoms with Crippen LogP contribution < -0.4 is 0 Å². The fourth-order valence-corrected chi connectivity index (χ4v) is 2.26. The maximum absolute atomic E-state index is 12.4. The summed E-state index contributed by atoms with van der Waals surface area (Å²) in [4.78, 5) is 27.3. The van der Waals surface area contributed by atoms with Gasteiger partial charge in [-0.15, -0.1) is 6.42 Å². The maximum Gasteiger partial charge on any atom is 0.336 e. The fourth-order valence-electron chi connectivity index (χ4n) is 2.26. The van der Waals surface area contributed by atoms with E-state index >= 15 is 0 Å². The topological polar surface area (TPSA) is 60.9 Å². The summed E-state index contributed by atoms with van der Waals surface area (Å²) in [5.41, 5.74) is 0.286. The third kappa shape index (κ3) is 2.98. The molecule has 0 unspecified atom stereocenters. The number of aromatic carboxylic acids is 1. The Hall–Kier alpha value is -2.32. The van der Waals surface area contributed by atoms with Gasteiger partial charge in [0.25, 0.3) is 5.91 Å². The van der Waals surface area contributed by atoms with E-state index in [1.807, 2.05) is 0 Å². The molecular formula is C15H16N2O3. The van der Waals surface area contributed by atoms with E-state index in [9.17, 15) is 9.59 Å². The van der Waals surface area contributed by atoms with Crippen LogP contribution in [0.5, 0.6) is 0 Å². The van der Waals surface area contributed by atoms with Crippen molar-refractivity contribution in [3.8, 4) is 12.3 Å². The Kier molecular flexibility index (Phi) is 4.38. The smallest absolute Gasteiger partial charge is 0.336 e. The summed E-state index contributed by atoms with van der Waals surface area (Å²) >= 11 is 0. The number of amides is 1. The lowest BCUT2D eigenvalue weighted by atomic mass is 10.1. The van der Waals surface area contributed by atoms with Gasteiger partial charge in [0.15, 0.2) is 0 Å². The van der Waals surface area contributed by atoms with Gasteiger partial charge in [-0.2, -0.15) is 0 Å². The summed E-state index contributed by atoms with van der Waals surface area (Å²) in [7, 11) is 0. The monoisotopic (exact) mass is 272 g/mol. The van der Waals surface area contributed by atoms with Gasteiger partial charge in [0.2, 0.25) is 0 Å². The number of nitrogens with zero attached hydrogens (tertiary/aromatic N) is 2. The number of benzene rings is 1. The summed E-state index contributed by atoms with van der Waals surface area (Å²) in [6.45, 7) is 3.13. The van der Waals surface area contributed by atoms with E-state index in [0.29, 0.717) is 32.7 Å². The van der Waals surface area contributed by atoms with Crippen molar-refractivity contribution in [1.29, 1.82) is 0 Å². The molecule has 1 aliphatic heterocycles. The molecule has 1 aromatic carbocycles. The van der Waals surface area contributed by atoms with Gasteiger partial charge < -0.3 is 10.0 Å². The molecule has 1 amide bonds. The van der Waals surface area contributed by atoms with Gasteiger partial charge in [-0.3, -0.25) is 9.69 Å². The molecular weight excluding hydrogens is 256 g/mol. The van der Waals surface area contributed by atoms with E-state index in [1.165, 1.54) is 6.07 Å². The van der Waals surface area contributed by atoms with Crippen LogP contribution in [-0.2, 0) is 0 Å². The zero-order valence-electron chi connectivity index (χ0n) is 11.1. The number of piperazine rings is 1. The molecule has 1 fully saturated rings. The molecule has 0 spiro atoms. The van der Waals surface area contributed by atoms with Crippen molar-refractivity contribution in [3.63, 3.8) is 0 Å². The quantitative estimate of drug-likeness (QED) is 0.826. The van der Waals surface area contributed by atoms with Gasteiger partial charge >= 0.3 is 5.97 Å². The van der Waals surface area contributed by atoms with E-state index in [2.05, 4.69) is 10.8 Å². The van der Waals surface area contributed by atoms with Crippen molar-refractivity contribution in [2.24, 2.45) is 0 Å². The number of carboxylic acids is 1. The highest BCUT2D eigenvalue weighted by Crippen LogP contribution is 2.13. The van der Waals surface area contributed by atoms with Gasteiger partial charge in [0.1, 0.15) is 0 Å². The van der Waals surface area contributed by atoms with Crippen LogP contribution in [0.25, 0.3) is 0 Å². The van der Waals surface area contributed by atoms with E-state index in [-0.39, 0.29) is 17.0 Å². The molecule has 0 aromatic heterocycles. The minimum atomic E-state index is -1.08. The number of terminal acetylenes is 1. The first-order chi connectivity index (χ1) is 9.63. The number of carboxylic acid groups (broad SMARTS) is 1. The fraction of sp³-hybridized carbons (Fsp3) is 0.333. The average molecular weight is 272 g/mol. The second kappa shape index (κ2) is 6.22. The lowest BCUT2D eigenvalue weighted by Gasteiger charge is -2.33. The van der Waals surface area contributed by atoms with Gasteiger partial charge in [0, 0.05) is 26.2 Å². The molecule has 5 nitrogen and oxygen atoms in total. The number of carbonyl (C=O) groups excluding carboxylic acids is 1. The molecule has 104 valence electrons. The zero-order valence-corrected chi connectivity index (χ0v) is 11.1. The van der Waals surface area contributed by atoms with Crippen LogP contribution in [0.1, 0.15) is 20.7 Å². The molecule has 1 heterocycles. The molecule has 1 aliphatic rings. The highest BCUT2D eigenvalue weighted by molar-refractivity contribution is 6.04. The normalized spacial score (nSPS) is 15.7. The first-order valence-electron chi connectivity index (χ1n) is 6.41. The molecule has 1 saturated heterocycles. The summed E-state index contributed by atoms with van der Waals surface area (Å²) in [6, 6.07) is 6.29. The average Bonchev–Trinajstić information content (AvgIpc) is 2.47. The highest BCUT2D eigenvalue weighted by Gasteiger charge is 2.24. The number of rotatable bonds is 3. The molecule has 0 saturated carbocycles. The van der Waals surface area contributed by atoms with Crippen LogP contribution in [0, 0.1) is 12.3 Å². The van der Waals surface area contributed by atoms with Crippen LogP contribution in [-0.4, -0.2) is 59.5 Å². The Morgan fingerprint density at radius 2 is 1.75 bits per heavy atom. The first-order valence-corrected chi connectivity index (χ1v) is 6.41. The van der Waals surface area contributed by atoms with Crippen LogP contribution in [0.4, 0.5) is 0 Å². The van der Waals surface area contributed by atoms with Gasteiger partial charge in [-0.25, -0.2) is 4.79 Å². The molecule has 0 radical (unpaired) electrons. The standard InChI is InChI=1S/C15H16N2O3/c1-2-7-16-8-10-17(11-9-16)14(18)12-5-3-4-6-13(12)15(19)20/h1,3-6H,7-11H2,(H,19,20). The molecule has 2 rings (SSSR count). The number of hydrogen-bond acceptors (Lipinski definition) is 3. The first kappa shape index (κ1) is 14.1. The van der Waals surface area contributed by atoms with Crippen molar-refractivity contribution in [2.45, 2.75) is 0 Å². The van der Waals surface area contributed by atoms with E-state index in [0.717, 1.165) is 0 Å². The number of hydrogen-bond donors (Lipinski definition) is 1. The lowest BCUT2D eigenvalue weighted by Crippen LogP contribution is -2.48. The predicted molar refractivity (Wildman–Crippen MR) is 74.6 cm³/mol. The summed E-state index contributed by atoms with van der Waals surface area (Å²) < 4.78 is 0. The third-order valence-corrected chi connectivity index (χ3v) is 3.36. The van der Waals surface area contributed by atoms with Crippen LogP contribution >= 0.6 is 0 Å². The van der Waals surface area contributed by atoms with Crippen LogP contribution in [0.2, 0.25) is 0 Å². The molecule has 0 bridgehead atoms. The number of carbonyl (C=O) groups is 2. The SMILES string of the molecule is C#CCN1CCN(C(=O)c2ccccc2C(=O)O)CC1. The highest BCUT2D eigenvalue weighted by atomic mass is 16.4. The maximum atomic E-state index is 12.4. The van der Waals surface area contributed by atoms with Crippen molar-refractivity contribution in [1.82, 2.24) is 9.80 Å². The summed E-state index contributed by atoms with van der Waals surface area (Å²) in [6.07, 6.45) is 5.26. The van der Waals surface area contributed by atoms with E-state index < -0.39 is 5.97 Å². The van der Waals surface area contributed by atoms with Gasteiger partial charge in [-0.05, 0) is 12.1 Å². The zero-order chi connectivity index (χ0) is 14.5. The Labute approximate surface area is 117 Å². The molecule has 5 heteroatoms. The van der Waals surface area contributed by atoms with E-state index in [1.54, 1.807) is 23.1 Å². The van der Waals surface area contributed by atoms with Crippen molar-refractivity contribution >= 4 is 11.9 Å². The Balaban J connectivity index is 2.10. The lowest BCUT2D eigenvalue weighted by molar-refractivity contribution is 0.0627. The second-order valence-corrected chi connectivity index (χ2v) is 4.62. The molecule has 0 atom stereocenters. The Bertz CT molecular complexity index is 554. The summed E-state index contributed by atoms with van der Waals surface area (Å²) in [5.74, 6) is 1.27. The molecule has 0 aliphatic carbocycles. The molecule has 1 aromatic rings. The minimum absolute atomic E-state index is 0.0450. The van der Waals surface area contributed by atoms with Gasteiger partial charge in [0.05, 0.1) is 17.7 Å². The molecule has 1 N–H and O–H groups in total. The van der Waals surface area contributed by atoms with E-state index in [4.69, 9.17) is 11.5 Å². The van der Waals surface area contributed by atoms with Crippen molar-refractivity contribution in [3.05, 3.63) is 35.4 Å². The van der Waals surface area contributed by atoms with Crippen molar-refractivity contribution in [2.75, 3.05) is 32.7 Å². The minimum Gasteiger partial charge on any atom is -0.478 e. The largest absolute Gasteiger partial charge is 0.478 e. The predicted octanol–water partition coefficient (Wildman–Crippen LogP) is 0.776. The van der Waals surface area contributed by atoms with Crippen LogP contribution in [0.15, 0.2) is 24.3 Å². The Morgan fingerprint density at radius 3 is 2.30 bits per heavy atom. The second-order valence-electron chi connectivity index (χ2n) is 4.62. The molecule has 20 heavy (non-hydrogen) atoms. The summed E-state index contributed by atoms with van der Waals surface area (Å²) in [5, 5.41) is 9.12. The van der Waals surface area contributed by atoms with Gasteiger partial charge in [-0.1, -0.05) is 18.1 Å². The Morgan fingerprint density at radius 1 is 1.15 bits per heavy atom. The third-order valence-electron chi connectivity index (χ3n) is 3.36. The van der Waals surface area contributed by atoms with Crippen LogP contribution in [0.3, 0.4) is 0 Å². The van der Waals surface area contributed by atoms with Crippen molar-refractivity contribution < 1.29 is 14.7 Å².